The van der Waals surface area contributed by atoms with E-state index in [4.69, 9.17) is 5.73 Å². The van der Waals surface area contributed by atoms with E-state index in [0.717, 1.165) is 23.1 Å². The van der Waals surface area contributed by atoms with Crippen molar-refractivity contribution < 1.29 is 5.11 Å². The Balaban J connectivity index is 0.00000210. The molecule has 0 fully saturated rings. The molecule has 0 radical (unpaired) electrons. The van der Waals surface area contributed by atoms with Gasteiger partial charge in [0.25, 0.3) is 0 Å². The number of benzene rings is 2. The highest BCUT2D eigenvalue weighted by Crippen LogP contribution is 2.46. The standard InChI is InChI=1S/C28H36N4O.C2H6/c1-26(2,3)18-27(4,5)20-15-21(28(6,7)19-11-9-8-10-12-19)25(33)23(16-20)31-32-24-17-30-14-13-22(24)29;1-2/h8-17,33H,18H2,1-7H3,(H2,29,30);1-2H3. The summed E-state index contributed by atoms with van der Waals surface area (Å²) in [5.74, 6) is 0.130. The molecule has 0 aliphatic carbocycles. The number of aromatic nitrogens is 1. The lowest BCUT2D eigenvalue weighted by atomic mass is 9.70. The molecule has 188 valence electrons. The van der Waals surface area contributed by atoms with Crippen molar-refractivity contribution in [2.45, 2.75) is 79.6 Å². The first kappa shape index (κ1) is 28.0. The van der Waals surface area contributed by atoms with Crippen LogP contribution < -0.4 is 5.73 Å². The zero-order chi connectivity index (χ0) is 26.4. The molecule has 1 heterocycles. The van der Waals surface area contributed by atoms with Gasteiger partial charge in [0.05, 0.1) is 11.9 Å². The quantitative estimate of drug-likeness (QED) is 0.350. The number of azo groups is 1. The first-order valence-corrected chi connectivity index (χ1v) is 12.4. The summed E-state index contributed by atoms with van der Waals surface area (Å²) in [5.41, 5.74) is 10.0. The topological polar surface area (TPSA) is 83.9 Å². The molecule has 0 aliphatic heterocycles. The summed E-state index contributed by atoms with van der Waals surface area (Å²) >= 11 is 0. The van der Waals surface area contributed by atoms with Gasteiger partial charge in [-0.05, 0) is 40.5 Å². The molecule has 0 spiro atoms. The zero-order valence-electron chi connectivity index (χ0n) is 22.8. The SMILES string of the molecule is CC.CC(C)(C)CC(C)(C)c1cc(N=Nc2cnccc2N)c(O)c(C(C)(C)c2ccccc2)c1. The molecular formula is C30H42N4O. The summed E-state index contributed by atoms with van der Waals surface area (Å²) in [6.45, 7) is 19.5. The van der Waals surface area contributed by atoms with E-state index in [1.54, 1.807) is 18.5 Å². The van der Waals surface area contributed by atoms with Gasteiger partial charge in [0.2, 0.25) is 0 Å². The number of rotatable bonds is 6. The molecule has 0 saturated heterocycles. The molecule has 0 unspecified atom stereocenters. The third-order valence-electron chi connectivity index (χ3n) is 6.11. The maximum Gasteiger partial charge on any atom is 0.147 e. The van der Waals surface area contributed by atoms with Crippen molar-refractivity contribution in [1.82, 2.24) is 4.98 Å². The molecule has 2 aromatic carbocycles. The molecule has 5 nitrogen and oxygen atoms in total. The van der Waals surface area contributed by atoms with Crippen molar-refractivity contribution in [3.63, 3.8) is 0 Å². The Morgan fingerprint density at radius 3 is 2.00 bits per heavy atom. The average molecular weight is 475 g/mol. The van der Waals surface area contributed by atoms with Crippen LogP contribution in [0.25, 0.3) is 0 Å². The Morgan fingerprint density at radius 2 is 1.43 bits per heavy atom. The largest absolute Gasteiger partial charge is 0.505 e. The number of nitrogen functional groups attached to an aromatic ring is 1. The van der Waals surface area contributed by atoms with Crippen molar-refractivity contribution in [3.05, 3.63) is 77.6 Å². The van der Waals surface area contributed by atoms with Crippen molar-refractivity contribution in [1.29, 1.82) is 0 Å². The number of nitrogens with two attached hydrogens (primary N) is 1. The van der Waals surface area contributed by atoms with Crippen LogP contribution in [0.1, 0.15) is 85.4 Å². The van der Waals surface area contributed by atoms with Crippen LogP contribution in [0.3, 0.4) is 0 Å². The second-order valence-corrected chi connectivity index (χ2v) is 11.1. The molecule has 0 bridgehead atoms. The molecule has 3 N–H and O–H groups in total. The summed E-state index contributed by atoms with van der Waals surface area (Å²) in [7, 11) is 0. The summed E-state index contributed by atoms with van der Waals surface area (Å²) in [4.78, 5) is 4.08. The Labute approximate surface area is 211 Å². The molecule has 0 saturated carbocycles. The predicted molar refractivity (Wildman–Crippen MR) is 148 cm³/mol. The van der Waals surface area contributed by atoms with Crippen LogP contribution in [0.15, 0.2) is 71.2 Å². The van der Waals surface area contributed by atoms with Gasteiger partial charge >= 0.3 is 0 Å². The third kappa shape index (κ3) is 6.91. The number of nitrogens with zero attached hydrogens (tertiary/aromatic N) is 3. The maximum atomic E-state index is 11.4. The van der Waals surface area contributed by atoms with Gasteiger partial charge in [0, 0.05) is 17.2 Å². The number of phenols is 1. The fraction of sp³-hybridized carbons (Fsp3) is 0.433. The van der Waals surface area contributed by atoms with Gasteiger partial charge in [-0.3, -0.25) is 4.98 Å². The van der Waals surface area contributed by atoms with Crippen LogP contribution in [0, 0.1) is 5.41 Å². The fourth-order valence-corrected chi connectivity index (χ4v) is 4.59. The van der Waals surface area contributed by atoms with Crippen molar-refractivity contribution in [3.8, 4) is 5.75 Å². The highest BCUT2D eigenvalue weighted by molar-refractivity contribution is 5.64. The van der Waals surface area contributed by atoms with Crippen LogP contribution >= 0.6 is 0 Å². The minimum atomic E-state index is -0.434. The number of hydrogen-bond acceptors (Lipinski definition) is 5. The minimum Gasteiger partial charge on any atom is -0.505 e. The summed E-state index contributed by atoms with van der Waals surface area (Å²) < 4.78 is 0. The number of anilines is 1. The third-order valence-corrected chi connectivity index (χ3v) is 6.11. The second-order valence-electron chi connectivity index (χ2n) is 11.1. The van der Waals surface area contributed by atoms with E-state index < -0.39 is 5.41 Å². The Hall–Kier alpha value is -3.21. The van der Waals surface area contributed by atoms with Crippen LogP contribution in [-0.2, 0) is 10.8 Å². The lowest BCUT2D eigenvalue weighted by Gasteiger charge is -2.35. The van der Waals surface area contributed by atoms with Gasteiger partial charge in [-0.2, -0.15) is 0 Å². The summed E-state index contributed by atoms with van der Waals surface area (Å²) in [6, 6.07) is 16.0. The molecule has 5 heteroatoms. The first-order valence-electron chi connectivity index (χ1n) is 12.4. The number of phenolic OH excluding ortho intramolecular Hbond substituents is 1. The van der Waals surface area contributed by atoms with Gasteiger partial charge < -0.3 is 10.8 Å². The summed E-state index contributed by atoms with van der Waals surface area (Å²) in [5, 5.41) is 20.1. The van der Waals surface area contributed by atoms with Crippen molar-refractivity contribution in [2.24, 2.45) is 15.6 Å². The zero-order valence-corrected chi connectivity index (χ0v) is 22.8. The normalized spacial score (nSPS) is 12.4. The molecule has 35 heavy (non-hydrogen) atoms. The van der Waals surface area contributed by atoms with Gasteiger partial charge in [-0.1, -0.05) is 98.7 Å². The lowest BCUT2D eigenvalue weighted by molar-refractivity contribution is 0.283. The Kier molecular flexibility index (Phi) is 8.83. The maximum absolute atomic E-state index is 11.4. The van der Waals surface area contributed by atoms with E-state index in [1.165, 1.54) is 0 Å². The van der Waals surface area contributed by atoms with Crippen LogP contribution in [0.2, 0.25) is 0 Å². The Morgan fingerprint density at radius 1 is 0.829 bits per heavy atom. The molecular weight excluding hydrogens is 432 g/mol. The predicted octanol–water partition coefficient (Wildman–Crippen LogP) is 8.85. The number of hydrogen-bond donors (Lipinski definition) is 2. The van der Waals surface area contributed by atoms with Crippen molar-refractivity contribution in [2.75, 3.05) is 5.73 Å². The molecule has 1 aromatic heterocycles. The van der Waals surface area contributed by atoms with Gasteiger partial charge in [-0.25, -0.2) is 0 Å². The molecule has 0 aliphatic rings. The van der Waals surface area contributed by atoms with Gasteiger partial charge in [-0.15, -0.1) is 10.2 Å². The van der Waals surface area contributed by atoms with E-state index in [-0.39, 0.29) is 16.6 Å². The molecule has 0 amide bonds. The van der Waals surface area contributed by atoms with E-state index in [1.807, 2.05) is 38.1 Å². The molecule has 0 atom stereocenters. The fourth-order valence-electron chi connectivity index (χ4n) is 4.59. The van der Waals surface area contributed by atoms with E-state index in [2.05, 4.69) is 81.9 Å². The minimum absolute atomic E-state index is 0.130. The monoisotopic (exact) mass is 474 g/mol. The lowest BCUT2D eigenvalue weighted by Crippen LogP contribution is -2.26. The first-order chi connectivity index (χ1) is 16.3. The van der Waals surface area contributed by atoms with Gasteiger partial charge in [0.1, 0.15) is 17.1 Å². The van der Waals surface area contributed by atoms with Crippen LogP contribution in [0.4, 0.5) is 17.1 Å². The van der Waals surface area contributed by atoms with Crippen LogP contribution in [-0.4, -0.2) is 10.1 Å². The van der Waals surface area contributed by atoms with E-state index in [0.29, 0.717) is 17.1 Å². The van der Waals surface area contributed by atoms with E-state index >= 15 is 0 Å². The molecule has 3 rings (SSSR count). The number of pyridine rings is 1. The Bertz CT molecular complexity index is 1140. The highest BCUT2D eigenvalue weighted by Gasteiger charge is 2.33. The second kappa shape index (κ2) is 11.0. The average Bonchev–Trinajstić information content (AvgIpc) is 2.79. The van der Waals surface area contributed by atoms with Crippen LogP contribution in [0.5, 0.6) is 5.75 Å². The van der Waals surface area contributed by atoms with Crippen molar-refractivity contribution >= 4 is 17.1 Å². The molecule has 3 aromatic rings. The van der Waals surface area contributed by atoms with Gasteiger partial charge in [0.15, 0.2) is 0 Å². The summed E-state index contributed by atoms with van der Waals surface area (Å²) in [6.07, 6.45) is 4.15. The number of aromatic hydroxyl groups is 1. The van der Waals surface area contributed by atoms with E-state index in [9.17, 15) is 5.11 Å². The smallest absolute Gasteiger partial charge is 0.147 e. The highest BCUT2D eigenvalue weighted by atomic mass is 16.3.